The first-order chi connectivity index (χ1) is 55.2. The summed E-state index contributed by atoms with van der Waals surface area (Å²) in [7, 11) is -5.80. The number of ether oxygens (including phenoxy) is 8. The van der Waals surface area contributed by atoms with Gasteiger partial charge in [-0.3, -0.25) is 28.2 Å². The van der Waals surface area contributed by atoms with Gasteiger partial charge >= 0.3 is 31.7 Å². The molecular weight excluding hydrogens is 1490 g/mol. The predicted molar refractivity (Wildman–Crippen MR) is 440 cm³/mol. The fourth-order valence-electron chi connectivity index (χ4n) is 15.2. The fourth-order valence-corrected chi connectivity index (χ4v) is 16.2. The number of allylic oxidation sites excluding steroid dienone is 2. The van der Waals surface area contributed by atoms with Crippen molar-refractivity contribution in [2.75, 3.05) is 26.4 Å². The zero-order valence-electron chi connectivity index (χ0n) is 71.1. The quantitative estimate of drug-likeness (QED) is 0.00889. The molecule has 18 unspecified atom stereocenters. The average Bonchev–Trinajstić information content (AvgIpc) is 0.754. The van der Waals surface area contributed by atoms with Crippen LogP contribution < -0.4 is 0 Å². The number of phosphoric ester groups is 1. The second-order valence-corrected chi connectivity index (χ2v) is 34.2. The number of carbonyl (C=O) groups excluding carboxylic acids is 4. The van der Waals surface area contributed by atoms with Gasteiger partial charge in [-0.1, -0.05) is 329 Å². The summed E-state index contributed by atoms with van der Waals surface area (Å²) in [4.78, 5) is 66.3. The zero-order chi connectivity index (χ0) is 83.2. The van der Waals surface area contributed by atoms with Crippen LogP contribution in [0, 0.1) is 0 Å². The molecule has 670 valence electrons. The number of carbonyl (C=O) groups is 4. The second kappa shape index (κ2) is 67.8. The number of phosphoric acid groups is 1. The molecule has 2 aliphatic heterocycles. The number of hydrogen-bond acceptors (Lipinski definition) is 24. The van der Waals surface area contributed by atoms with Gasteiger partial charge in [0, 0.05) is 25.7 Å². The van der Waals surface area contributed by atoms with Gasteiger partial charge in [0.25, 0.3) is 0 Å². The third-order valence-electron chi connectivity index (χ3n) is 22.5. The minimum atomic E-state index is -5.80. The highest BCUT2D eigenvalue weighted by Gasteiger charge is 2.60. The number of aliphatic hydroxyl groups excluding tert-OH is 9. The van der Waals surface area contributed by atoms with Crippen molar-refractivity contribution < 1.29 is 122 Å². The molecule has 0 aromatic rings. The highest BCUT2D eigenvalue weighted by atomic mass is 31.2. The van der Waals surface area contributed by atoms with Gasteiger partial charge in [0.2, 0.25) is 0 Å². The van der Waals surface area contributed by atoms with Gasteiger partial charge < -0.3 is 88.7 Å². The summed E-state index contributed by atoms with van der Waals surface area (Å²) in [5.74, 6) is -2.97. The van der Waals surface area contributed by atoms with E-state index in [1.807, 2.05) is 0 Å². The molecule has 3 fully saturated rings. The SMILES string of the molecule is CCCCCCCC/C=C\CCCCCC(=O)OC(COC(=O)CCCCCCCCCCCCCCC)COP(=O)(O)OC1C(OC2OC(CO)C(O)C(O)C2O)C(O)C(O)C(OC(=O)CCCCCCCCCCCCCCCCCC)C1OC1OC(COC(=O)CCCCCCCCCCCCCCC)C(O)C(O)C1O. The Hall–Kier alpha value is -2.79. The van der Waals surface area contributed by atoms with Crippen LogP contribution in [-0.2, 0) is 70.7 Å². The molecule has 114 heavy (non-hydrogen) atoms. The van der Waals surface area contributed by atoms with E-state index in [0.717, 1.165) is 122 Å². The minimum absolute atomic E-state index is 0.0180. The molecule has 1 saturated carbocycles. The summed E-state index contributed by atoms with van der Waals surface area (Å²) in [6, 6.07) is 0. The first kappa shape index (κ1) is 105. The van der Waals surface area contributed by atoms with E-state index in [-0.39, 0.29) is 25.7 Å². The number of esters is 4. The predicted octanol–water partition coefficient (Wildman–Crippen LogP) is 16.4. The molecule has 2 heterocycles. The average molecular weight is 1650 g/mol. The second-order valence-electron chi connectivity index (χ2n) is 32.8. The Morgan fingerprint density at radius 3 is 1.05 bits per heavy atom. The maximum absolute atomic E-state index is 14.9. The van der Waals surface area contributed by atoms with E-state index in [9.17, 15) is 74.6 Å². The Morgan fingerprint density at radius 2 is 0.658 bits per heavy atom. The van der Waals surface area contributed by atoms with E-state index in [2.05, 4.69) is 39.8 Å². The van der Waals surface area contributed by atoms with E-state index in [1.165, 1.54) is 180 Å². The smallest absolute Gasteiger partial charge is 0.463 e. The van der Waals surface area contributed by atoms with Crippen molar-refractivity contribution in [2.45, 2.75) is 498 Å². The standard InChI is InChI=1S/C88H163O25P/c1-5-9-13-17-21-25-29-33-34-35-39-43-47-51-55-59-63-74(93)110-83-79(98)80(99)84(111-87-81(100)77(96)75(94)69(64-89)108-87)86(85(83)112-88-82(101)78(97)76(95)70(109-88)67-105-72(91)61-57-53-49-45-41-37-31-27-23-19-15-11-7-3)113-114(102,103)106-66-68(107-73(92)62-58-54-50-46-42-38-32-28-24-20-16-12-8-4)65-104-71(90)60-56-52-48-44-40-36-30-26-22-18-14-10-6-2/h38,42,68-70,75-89,94-101H,5-37,39-41,43-67H2,1-4H3,(H,102,103)/b42-38-. The van der Waals surface area contributed by atoms with Crippen LogP contribution in [0.3, 0.4) is 0 Å². The van der Waals surface area contributed by atoms with Crippen LogP contribution in [0.15, 0.2) is 12.2 Å². The summed E-state index contributed by atoms with van der Waals surface area (Å²) in [5, 5.41) is 102. The lowest BCUT2D eigenvalue weighted by Crippen LogP contribution is -2.70. The molecule has 0 spiro atoms. The molecule has 2 saturated heterocycles. The van der Waals surface area contributed by atoms with Crippen molar-refractivity contribution in [3.8, 4) is 0 Å². The monoisotopic (exact) mass is 1650 g/mol. The topological polar surface area (TPSA) is 380 Å². The molecule has 3 rings (SSSR count). The number of rotatable bonds is 74. The Kier molecular flexibility index (Phi) is 62.7. The zero-order valence-corrected chi connectivity index (χ0v) is 72.0. The summed E-state index contributed by atoms with van der Waals surface area (Å²) in [5.41, 5.74) is 0. The highest BCUT2D eigenvalue weighted by molar-refractivity contribution is 7.47. The van der Waals surface area contributed by atoms with Gasteiger partial charge in [0.1, 0.15) is 92.6 Å². The van der Waals surface area contributed by atoms with E-state index in [0.29, 0.717) is 38.5 Å². The van der Waals surface area contributed by atoms with Crippen molar-refractivity contribution in [1.29, 1.82) is 0 Å². The van der Waals surface area contributed by atoms with E-state index in [1.54, 1.807) is 0 Å². The minimum Gasteiger partial charge on any atom is -0.463 e. The lowest BCUT2D eigenvalue weighted by atomic mass is 9.84. The van der Waals surface area contributed by atoms with Gasteiger partial charge in [-0.25, -0.2) is 4.57 Å². The molecule has 3 aliphatic rings. The van der Waals surface area contributed by atoms with Gasteiger partial charge in [0.05, 0.1) is 13.2 Å². The van der Waals surface area contributed by atoms with Crippen molar-refractivity contribution in [1.82, 2.24) is 0 Å². The van der Waals surface area contributed by atoms with E-state index < -0.39 is 162 Å². The summed E-state index contributed by atoms with van der Waals surface area (Å²) >= 11 is 0. The van der Waals surface area contributed by atoms with Crippen LogP contribution in [0.1, 0.15) is 394 Å². The molecule has 25 nitrogen and oxygen atoms in total. The van der Waals surface area contributed by atoms with Crippen LogP contribution in [-0.4, -0.2) is 205 Å². The fraction of sp³-hybridized carbons (Fsp3) is 0.932. The summed E-state index contributed by atoms with van der Waals surface area (Å²) in [6.07, 6.45) is 25.1. The highest BCUT2D eigenvalue weighted by Crippen LogP contribution is 2.49. The third-order valence-corrected chi connectivity index (χ3v) is 23.5. The van der Waals surface area contributed by atoms with Gasteiger partial charge in [-0.05, 0) is 51.4 Å². The largest absolute Gasteiger partial charge is 0.472 e. The molecule has 0 bridgehead atoms. The Balaban J connectivity index is 1.93. The molecule has 10 N–H and O–H groups in total. The summed E-state index contributed by atoms with van der Waals surface area (Å²) in [6.45, 7) is 5.58. The molecule has 0 amide bonds. The van der Waals surface area contributed by atoms with Crippen LogP contribution in [0.2, 0.25) is 0 Å². The number of aliphatic hydroxyl groups is 9. The van der Waals surface area contributed by atoms with Crippen LogP contribution in [0.5, 0.6) is 0 Å². The molecule has 18 atom stereocenters. The van der Waals surface area contributed by atoms with Gasteiger partial charge in [0.15, 0.2) is 24.8 Å². The van der Waals surface area contributed by atoms with Gasteiger partial charge in [-0.2, -0.15) is 0 Å². The normalized spacial score (nSPS) is 25.4. The lowest BCUT2D eigenvalue weighted by Gasteiger charge is -2.50. The van der Waals surface area contributed by atoms with Crippen molar-refractivity contribution >= 4 is 31.7 Å². The van der Waals surface area contributed by atoms with Crippen LogP contribution in [0.25, 0.3) is 0 Å². The number of hydrogen-bond donors (Lipinski definition) is 10. The van der Waals surface area contributed by atoms with Crippen LogP contribution >= 0.6 is 7.82 Å². The first-order valence-corrected chi connectivity index (χ1v) is 47.4. The van der Waals surface area contributed by atoms with E-state index >= 15 is 0 Å². The van der Waals surface area contributed by atoms with Crippen molar-refractivity contribution in [3.63, 3.8) is 0 Å². The molecule has 0 aromatic carbocycles. The Bertz CT molecular complexity index is 2430. The third kappa shape index (κ3) is 48.0. The molecular formula is C88H163O25P. The maximum atomic E-state index is 14.9. The number of unbranched alkanes of at least 4 members (excludes halogenated alkanes) is 48. The Morgan fingerprint density at radius 1 is 0.342 bits per heavy atom. The lowest BCUT2D eigenvalue weighted by molar-refractivity contribution is -0.360. The maximum Gasteiger partial charge on any atom is 0.472 e. The van der Waals surface area contributed by atoms with Crippen molar-refractivity contribution in [2.24, 2.45) is 0 Å². The first-order valence-electron chi connectivity index (χ1n) is 45.9. The van der Waals surface area contributed by atoms with Gasteiger partial charge in [-0.15, -0.1) is 0 Å². The molecule has 0 radical (unpaired) electrons. The van der Waals surface area contributed by atoms with E-state index in [4.69, 9.17) is 46.9 Å². The molecule has 1 aliphatic carbocycles. The van der Waals surface area contributed by atoms with Crippen LogP contribution in [0.4, 0.5) is 0 Å². The van der Waals surface area contributed by atoms with Crippen molar-refractivity contribution in [3.05, 3.63) is 12.2 Å². The Labute approximate surface area is 686 Å². The molecule has 26 heteroatoms. The summed E-state index contributed by atoms with van der Waals surface area (Å²) < 4.78 is 73.3. The molecule has 0 aromatic heterocycles.